The maximum Gasteiger partial charge on any atom is 0.258 e. The lowest BCUT2D eigenvalue weighted by molar-refractivity contribution is 0.558. The fourth-order valence-corrected chi connectivity index (χ4v) is 2.75. The van der Waals surface area contributed by atoms with Crippen molar-refractivity contribution in [2.24, 2.45) is 0 Å². The Morgan fingerprint density at radius 2 is 2.04 bits per heavy atom. The van der Waals surface area contributed by atoms with Gasteiger partial charge < -0.3 is 5.32 Å². The van der Waals surface area contributed by atoms with Gasteiger partial charge in [-0.25, -0.2) is 14.2 Å². The SMILES string of the molecule is O=S(O)NC=Cc1ccc2ncnc(Nc3cccc(Br)c3)c2c1. The van der Waals surface area contributed by atoms with Crippen LogP contribution in [-0.4, -0.2) is 18.7 Å². The molecule has 1 unspecified atom stereocenters. The lowest BCUT2D eigenvalue weighted by Gasteiger charge is -2.09. The van der Waals surface area contributed by atoms with Crippen LogP contribution in [0, 0.1) is 0 Å². The predicted molar refractivity (Wildman–Crippen MR) is 99.9 cm³/mol. The second-order valence-electron chi connectivity index (χ2n) is 4.83. The zero-order valence-electron chi connectivity index (χ0n) is 12.3. The minimum absolute atomic E-state index is 0.687. The summed E-state index contributed by atoms with van der Waals surface area (Å²) in [5.41, 5.74) is 2.56. The van der Waals surface area contributed by atoms with Crippen LogP contribution in [0.15, 0.2) is 59.5 Å². The standard InChI is InChI=1S/C16H13BrN4O2S/c17-12-2-1-3-13(9-12)21-16-14-8-11(6-7-20-24(22)23)4-5-15(14)18-10-19-16/h1-10,20H,(H,22,23)(H,18,19,21). The van der Waals surface area contributed by atoms with E-state index in [4.69, 9.17) is 4.55 Å². The summed E-state index contributed by atoms with van der Waals surface area (Å²) in [6.45, 7) is 0. The van der Waals surface area contributed by atoms with E-state index in [-0.39, 0.29) is 0 Å². The van der Waals surface area contributed by atoms with Gasteiger partial charge >= 0.3 is 0 Å². The van der Waals surface area contributed by atoms with Crippen molar-refractivity contribution >= 4 is 55.7 Å². The van der Waals surface area contributed by atoms with Crippen LogP contribution in [0.2, 0.25) is 0 Å². The molecule has 8 heteroatoms. The monoisotopic (exact) mass is 404 g/mol. The van der Waals surface area contributed by atoms with Crippen molar-refractivity contribution in [1.29, 1.82) is 0 Å². The van der Waals surface area contributed by atoms with Crippen molar-refractivity contribution in [3.05, 3.63) is 65.0 Å². The number of halogens is 1. The Bertz CT molecular complexity index is 933. The summed E-state index contributed by atoms with van der Waals surface area (Å²) in [6, 6.07) is 13.4. The predicted octanol–water partition coefficient (Wildman–Crippen LogP) is 3.83. The molecule has 0 fully saturated rings. The van der Waals surface area contributed by atoms with Crippen LogP contribution in [0.4, 0.5) is 11.5 Å². The van der Waals surface area contributed by atoms with Crippen LogP contribution in [-0.2, 0) is 11.3 Å². The molecule has 0 amide bonds. The molecule has 0 saturated carbocycles. The van der Waals surface area contributed by atoms with Gasteiger partial charge in [-0.1, -0.05) is 28.1 Å². The quantitative estimate of drug-likeness (QED) is 0.562. The highest BCUT2D eigenvalue weighted by Crippen LogP contribution is 2.25. The zero-order valence-corrected chi connectivity index (χ0v) is 14.7. The van der Waals surface area contributed by atoms with Gasteiger partial charge in [-0.15, -0.1) is 0 Å². The fourth-order valence-electron chi connectivity index (χ4n) is 2.17. The van der Waals surface area contributed by atoms with Gasteiger partial charge in [0.2, 0.25) is 0 Å². The number of hydrogen-bond acceptors (Lipinski definition) is 4. The molecular weight excluding hydrogens is 392 g/mol. The lowest BCUT2D eigenvalue weighted by Crippen LogP contribution is -2.06. The van der Waals surface area contributed by atoms with Gasteiger partial charge in [0.25, 0.3) is 11.3 Å². The number of nitrogens with one attached hydrogen (secondary N) is 2. The van der Waals surface area contributed by atoms with Crippen LogP contribution in [0.3, 0.4) is 0 Å². The molecule has 0 saturated heterocycles. The van der Waals surface area contributed by atoms with Crippen LogP contribution < -0.4 is 10.0 Å². The molecular formula is C16H13BrN4O2S. The molecule has 0 aliphatic carbocycles. The average Bonchev–Trinajstić information content (AvgIpc) is 2.55. The molecule has 0 spiro atoms. The number of aromatic nitrogens is 2. The maximum absolute atomic E-state index is 10.6. The summed E-state index contributed by atoms with van der Waals surface area (Å²) in [7, 11) is 0. The van der Waals surface area contributed by atoms with Crippen molar-refractivity contribution in [3.8, 4) is 0 Å². The average molecular weight is 405 g/mol. The summed E-state index contributed by atoms with van der Waals surface area (Å²) >= 11 is 1.36. The Labute approximate surface area is 149 Å². The number of nitrogens with zero attached hydrogens (tertiary/aromatic N) is 2. The van der Waals surface area contributed by atoms with E-state index in [1.807, 2.05) is 42.5 Å². The first-order valence-electron chi connectivity index (χ1n) is 6.93. The molecule has 6 nitrogen and oxygen atoms in total. The highest BCUT2D eigenvalue weighted by Gasteiger charge is 2.05. The van der Waals surface area contributed by atoms with Gasteiger partial charge in [-0.2, -0.15) is 0 Å². The van der Waals surface area contributed by atoms with E-state index in [0.29, 0.717) is 5.82 Å². The minimum atomic E-state index is -2.08. The number of hydrogen-bond donors (Lipinski definition) is 3. The molecule has 1 aromatic heterocycles. The Morgan fingerprint density at radius 3 is 2.83 bits per heavy atom. The molecule has 3 rings (SSSR count). The molecule has 3 N–H and O–H groups in total. The first-order chi connectivity index (χ1) is 11.6. The molecule has 1 atom stereocenters. The van der Waals surface area contributed by atoms with Crippen molar-refractivity contribution in [1.82, 2.24) is 14.7 Å². The van der Waals surface area contributed by atoms with Gasteiger partial charge in [0, 0.05) is 21.7 Å². The van der Waals surface area contributed by atoms with E-state index in [0.717, 1.165) is 26.6 Å². The van der Waals surface area contributed by atoms with Gasteiger partial charge in [0.1, 0.15) is 12.1 Å². The van der Waals surface area contributed by atoms with Gasteiger partial charge in [-0.3, -0.25) is 9.27 Å². The van der Waals surface area contributed by atoms with Crippen molar-refractivity contribution in [2.75, 3.05) is 5.32 Å². The largest absolute Gasteiger partial charge is 0.340 e. The fraction of sp³-hybridized carbons (Fsp3) is 0. The second-order valence-corrected chi connectivity index (χ2v) is 6.48. The van der Waals surface area contributed by atoms with Crippen LogP contribution >= 0.6 is 15.9 Å². The number of fused-ring (bicyclic) bond motifs is 1. The Balaban J connectivity index is 1.95. The van der Waals surface area contributed by atoms with E-state index in [1.54, 1.807) is 6.08 Å². The smallest absolute Gasteiger partial charge is 0.258 e. The summed E-state index contributed by atoms with van der Waals surface area (Å²) in [5, 5.41) is 4.13. The third-order valence-corrected chi connectivity index (χ3v) is 4.02. The van der Waals surface area contributed by atoms with E-state index in [9.17, 15) is 4.21 Å². The molecule has 0 radical (unpaired) electrons. The van der Waals surface area contributed by atoms with Gasteiger partial charge in [0.05, 0.1) is 5.52 Å². The molecule has 3 aromatic rings. The molecule has 122 valence electrons. The van der Waals surface area contributed by atoms with E-state index in [2.05, 4.69) is 35.9 Å². The molecule has 24 heavy (non-hydrogen) atoms. The van der Waals surface area contributed by atoms with E-state index < -0.39 is 11.3 Å². The first kappa shape index (κ1) is 16.6. The molecule has 0 aliphatic heterocycles. The van der Waals surface area contributed by atoms with E-state index >= 15 is 0 Å². The van der Waals surface area contributed by atoms with Crippen molar-refractivity contribution < 1.29 is 8.76 Å². The normalized spacial score (nSPS) is 12.4. The molecule has 1 heterocycles. The molecule has 0 aliphatic rings. The highest BCUT2D eigenvalue weighted by atomic mass is 79.9. The Kier molecular flexibility index (Phi) is 5.19. The van der Waals surface area contributed by atoms with Crippen LogP contribution in [0.1, 0.15) is 5.56 Å². The van der Waals surface area contributed by atoms with Gasteiger partial charge in [-0.05, 0) is 42.0 Å². The summed E-state index contributed by atoms with van der Waals surface area (Å²) in [6.07, 6.45) is 4.63. The third-order valence-electron chi connectivity index (χ3n) is 3.19. The van der Waals surface area contributed by atoms with Crippen LogP contribution in [0.25, 0.3) is 17.0 Å². The van der Waals surface area contributed by atoms with Crippen LogP contribution in [0.5, 0.6) is 0 Å². The minimum Gasteiger partial charge on any atom is -0.340 e. The summed E-state index contributed by atoms with van der Waals surface area (Å²) in [4.78, 5) is 8.58. The topological polar surface area (TPSA) is 87.1 Å². The first-order valence-corrected chi connectivity index (χ1v) is 8.83. The third kappa shape index (κ3) is 4.16. The maximum atomic E-state index is 10.6. The summed E-state index contributed by atoms with van der Waals surface area (Å²) in [5.74, 6) is 0.687. The number of benzene rings is 2. The number of rotatable bonds is 5. The number of anilines is 2. The Morgan fingerprint density at radius 1 is 1.17 bits per heavy atom. The lowest BCUT2D eigenvalue weighted by atomic mass is 10.1. The van der Waals surface area contributed by atoms with E-state index in [1.165, 1.54) is 12.5 Å². The summed E-state index contributed by atoms with van der Waals surface area (Å²) < 4.78 is 22.6. The highest BCUT2D eigenvalue weighted by molar-refractivity contribution is 9.10. The zero-order chi connectivity index (χ0) is 16.9. The molecule has 0 bridgehead atoms. The van der Waals surface area contributed by atoms with Crippen molar-refractivity contribution in [2.45, 2.75) is 0 Å². The van der Waals surface area contributed by atoms with Gasteiger partial charge in [0.15, 0.2) is 0 Å². The Hall–Kier alpha value is -2.29. The molecule has 2 aromatic carbocycles. The van der Waals surface area contributed by atoms with Crippen molar-refractivity contribution in [3.63, 3.8) is 0 Å². The second kappa shape index (κ2) is 7.52.